The lowest BCUT2D eigenvalue weighted by atomic mass is 10.0. The predicted molar refractivity (Wildman–Crippen MR) is 102 cm³/mol. The first-order valence-corrected chi connectivity index (χ1v) is 9.21. The Hall–Kier alpha value is -3.69. The second-order valence-electron chi connectivity index (χ2n) is 7.07. The van der Waals surface area contributed by atoms with Gasteiger partial charge in [0.2, 0.25) is 11.8 Å². The Bertz CT molecular complexity index is 1010. The van der Waals surface area contributed by atoms with Crippen molar-refractivity contribution in [3.05, 3.63) is 47.2 Å². The van der Waals surface area contributed by atoms with Crippen LogP contribution >= 0.6 is 0 Å². The number of fused-ring (bicyclic) bond motifs is 1. The fourth-order valence-corrected chi connectivity index (χ4v) is 3.54. The number of aryl methyl sites for hydroxylation is 1. The van der Waals surface area contributed by atoms with E-state index < -0.39 is 18.0 Å². The lowest BCUT2D eigenvalue weighted by Gasteiger charge is -2.29. The maximum absolute atomic E-state index is 12.8. The zero-order valence-corrected chi connectivity index (χ0v) is 15.8. The molecule has 0 aliphatic carbocycles. The number of rotatable bonds is 4. The van der Waals surface area contributed by atoms with E-state index >= 15 is 0 Å². The van der Waals surface area contributed by atoms with Gasteiger partial charge in [0.25, 0.3) is 5.91 Å². The first-order valence-electron chi connectivity index (χ1n) is 9.21. The lowest BCUT2D eigenvalue weighted by molar-refractivity contribution is -0.136. The van der Waals surface area contributed by atoms with Crippen molar-refractivity contribution in [1.82, 2.24) is 25.3 Å². The summed E-state index contributed by atoms with van der Waals surface area (Å²) in [7, 11) is 1.75. The lowest BCUT2D eigenvalue weighted by Crippen LogP contribution is -2.52. The van der Waals surface area contributed by atoms with Gasteiger partial charge in [-0.25, -0.2) is 4.79 Å². The minimum atomic E-state index is -0.640. The van der Waals surface area contributed by atoms with Crippen LogP contribution in [-0.4, -0.2) is 44.5 Å². The summed E-state index contributed by atoms with van der Waals surface area (Å²) in [4.78, 5) is 49.7. The average Bonchev–Trinajstić information content (AvgIpc) is 3.23. The van der Waals surface area contributed by atoms with Crippen LogP contribution in [0.15, 0.2) is 30.5 Å². The molecule has 10 heteroatoms. The molecule has 1 atom stereocenters. The maximum Gasteiger partial charge on any atom is 0.320 e. The van der Waals surface area contributed by atoms with Crippen molar-refractivity contribution in [1.29, 1.82) is 0 Å². The molecule has 10 nitrogen and oxygen atoms in total. The SMILES string of the molecule is Cn1ccc(NC(=O)NCc2ccc3c(c2)C(=O)N(C2CCC(=O)NC2=O)C3)n1. The number of nitrogens with one attached hydrogen (secondary N) is 3. The van der Waals surface area contributed by atoms with Crippen LogP contribution in [0.3, 0.4) is 0 Å². The molecule has 2 aliphatic heterocycles. The molecule has 150 valence electrons. The van der Waals surface area contributed by atoms with E-state index in [0.717, 1.165) is 11.1 Å². The van der Waals surface area contributed by atoms with Gasteiger partial charge in [-0.15, -0.1) is 0 Å². The van der Waals surface area contributed by atoms with Gasteiger partial charge in [-0.1, -0.05) is 12.1 Å². The van der Waals surface area contributed by atoms with Crippen molar-refractivity contribution in [3.8, 4) is 0 Å². The molecule has 0 saturated carbocycles. The number of amides is 5. The topological polar surface area (TPSA) is 125 Å². The normalized spacial score (nSPS) is 18.4. The van der Waals surface area contributed by atoms with Gasteiger partial charge < -0.3 is 10.2 Å². The van der Waals surface area contributed by atoms with Crippen molar-refractivity contribution in [2.45, 2.75) is 32.0 Å². The molecule has 29 heavy (non-hydrogen) atoms. The third-order valence-electron chi connectivity index (χ3n) is 5.00. The smallest absolute Gasteiger partial charge is 0.320 e. The summed E-state index contributed by atoms with van der Waals surface area (Å²) in [5, 5.41) is 11.7. The Labute approximate surface area is 166 Å². The van der Waals surface area contributed by atoms with Crippen molar-refractivity contribution in [2.75, 3.05) is 5.32 Å². The van der Waals surface area contributed by atoms with E-state index in [-0.39, 0.29) is 24.8 Å². The van der Waals surface area contributed by atoms with E-state index in [0.29, 0.717) is 24.3 Å². The average molecular weight is 396 g/mol. The molecule has 1 fully saturated rings. The number of carbonyl (C=O) groups is 4. The highest BCUT2D eigenvalue weighted by molar-refractivity contribution is 6.05. The molecule has 2 aliphatic rings. The van der Waals surface area contributed by atoms with Gasteiger partial charge in [0.1, 0.15) is 6.04 Å². The van der Waals surface area contributed by atoms with Crippen LogP contribution in [0.2, 0.25) is 0 Å². The molecule has 3 heterocycles. The van der Waals surface area contributed by atoms with Crippen LogP contribution in [-0.2, 0) is 29.7 Å². The van der Waals surface area contributed by atoms with E-state index in [4.69, 9.17) is 0 Å². The summed E-state index contributed by atoms with van der Waals surface area (Å²) in [5.74, 6) is -0.550. The molecule has 1 saturated heterocycles. The zero-order chi connectivity index (χ0) is 20.5. The van der Waals surface area contributed by atoms with Gasteiger partial charge in [-0.05, 0) is 23.6 Å². The van der Waals surface area contributed by atoms with Crippen LogP contribution in [0.5, 0.6) is 0 Å². The van der Waals surface area contributed by atoms with E-state index in [2.05, 4.69) is 21.0 Å². The summed E-state index contributed by atoms with van der Waals surface area (Å²) < 4.78 is 1.58. The molecule has 5 amide bonds. The standard InChI is InChI=1S/C19H20N6O4/c1-24-7-6-15(23-24)21-19(29)20-9-11-2-3-12-10-25(18(28)13(12)8-11)14-4-5-16(26)22-17(14)27/h2-3,6-8,14H,4-5,9-10H2,1H3,(H,22,26,27)(H2,20,21,23,29). The minimum absolute atomic E-state index is 0.219. The Morgan fingerprint density at radius 1 is 1.28 bits per heavy atom. The minimum Gasteiger partial charge on any atom is -0.334 e. The Balaban J connectivity index is 1.39. The molecule has 4 rings (SSSR count). The predicted octanol–water partition coefficient (Wildman–Crippen LogP) is 0.503. The molecule has 0 radical (unpaired) electrons. The molecular formula is C19H20N6O4. The Kier molecular flexibility index (Phi) is 4.75. The van der Waals surface area contributed by atoms with Gasteiger partial charge in [-0.3, -0.25) is 29.7 Å². The number of urea groups is 1. The van der Waals surface area contributed by atoms with Gasteiger partial charge in [0.15, 0.2) is 5.82 Å². The van der Waals surface area contributed by atoms with Gasteiger partial charge in [0.05, 0.1) is 0 Å². The van der Waals surface area contributed by atoms with Crippen LogP contribution < -0.4 is 16.0 Å². The van der Waals surface area contributed by atoms with Gasteiger partial charge in [-0.2, -0.15) is 5.10 Å². The molecule has 1 unspecified atom stereocenters. The van der Waals surface area contributed by atoms with Gasteiger partial charge >= 0.3 is 6.03 Å². The summed E-state index contributed by atoms with van der Waals surface area (Å²) in [6.45, 7) is 0.561. The van der Waals surface area contributed by atoms with Crippen LogP contribution in [0.25, 0.3) is 0 Å². The molecule has 1 aromatic carbocycles. The second-order valence-corrected chi connectivity index (χ2v) is 7.07. The highest BCUT2D eigenvalue weighted by Gasteiger charge is 2.39. The van der Waals surface area contributed by atoms with Crippen LogP contribution in [0.1, 0.15) is 34.3 Å². The van der Waals surface area contributed by atoms with E-state index in [1.165, 1.54) is 4.90 Å². The third kappa shape index (κ3) is 3.82. The first-order chi connectivity index (χ1) is 13.9. The second kappa shape index (κ2) is 7.38. The Morgan fingerprint density at radius 2 is 2.10 bits per heavy atom. The highest BCUT2D eigenvalue weighted by Crippen LogP contribution is 2.28. The molecule has 3 N–H and O–H groups in total. The van der Waals surface area contributed by atoms with E-state index in [1.54, 1.807) is 30.1 Å². The number of hydrogen-bond acceptors (Lipinski definition) is 5. The third-order valence-corrected chi connectivity index (χ3v) is 5.00. The summed E-state index contributed by atoms with van der Waals surface area (Å²) in [6, 6.07) is 6.02. The number of carbonyl (C=O) groups excluding carboxylic acids is 4. The van der Waals surface area contributed by atoms with Crippen LogP contribution in [0.4, 0.5) is 10.6 Å². The quantitative estimate of drug-likeness (QED) is 0.649. The zero-order valence-electron chi connectivity index (χ0n) is 15.8. The number of hydrogen-bond donors (Lipinski definition) is 3. The highest BCUT2D eigenvalue weighted by atomic mass is 16.2. The monoisotopic (exact) mass is 396 g/mol. The molecule has 0 spiro atoms. The first kappa shape index (κ1) is 18.7. The fourth-order valence-electron chi connectivity index (χ4n) is 3.54. The summed E-state index contributed by atoms with van der Waals surface area (Å²) in [6.07, 6.45) is 2.26. The van der Waals surface area contributed by atoms with Crippen LogP contribution in [0, 0.1) is 0 Å². The molecule has 2 aromatic rings. The van der Waals surface area contributed by atoms with Crippen molar-refractivity contribution >= 4 is 29.6 Å². The number of nitrogens with zero attached hydrogens (tertiary/aromatic N) is 3. The number of aromatic nitrogens is 2. The number of anilines is 1. The van der Waals surface area contributed by atoms with Crippen molar-refractivity contribution in [2.24, 2.45) is 7.05 Å². The molecule has 0 bridgehead atoms. The molecule has 1 aromatic heterocycles. The summed E-state index contributed by atoms with van der Waals surface area (Å²) in [5.41, 5.74) is 2.10. The van der Waals surface area contributed by atoms with Crippen molar-refractivity contribution in [3.63, 3.8) is 0 Å². The summed E-state index contributed by atoms with van der Waals surface area (Å²) >= 11 is 0. The molecular weight excluding hydrogens is 376 g/mol. The fraction of sp³-hybridized carbons (Fsp3) is 0.316. The largest absolute Gasteiger partial charge is 0.334 e. The number of benzene rings is 1. The van der Waals surface area contributed by atoms with Gasteiger partial charge in [0, 0.05) is 44.4 Å². The van der Waals surface area contributed by atoms with E-state index in [9.17, 15) is 19.2 Å². The Morgan fingerprint density at radius 3 is 2.83 bits per heavy atom. The van der Waals surface area contributed by atoms with E-state index in [1.807, 2.05) is 12.1 Å². The number of piperidine rings is 1. The number of imide groups is 1. The maximum atomic E-state index is 12.8. The van der Waals surface area contributed by atoms with Crippen molar-refractivity contribution < 1.29 is 19.2 Å².